The Hall–Kier alpha value is -3.83. The number of nitriles is 1. The molecule has 3 heterocycles. The summed E-state index contributed by atoms with van der Waals surface area (Å²) in [6.45, 7) is 0. The lowest BCUT2D eigenvalue weighted by Gasteiger charge is -2.03. The van der Waals surface area contributed by atoms with E-state index in [1.807, 2.05) is 36.4 Å². The summed E-state index contributed by atoms with van der Waals surface area (Å²) in [6, 6.07) is 16.8. The zero-order chi connectivity index (χ0) is 19.3. The summed E-state index contributed by atoms with van der Waals surface area (Å²) in [6.07, 6.45) is 3.19. The third-order valence-corrected chi connectivity index (χ3v) is 4.87. The Morgan fingerprint density at radius 1 is 1.11 bits per heavy atom. The molecule has 0 spiro atoms. The van der Waals surface area contributed by atoms with E-state index in [2.05, 4.69) is 26.3 Å². The quantitative estimate of drug-likeness (QED) is 0.546. The number of aromatic nitrogens is 4. The molecule has 0 radical (unpaired) electrons. The second-order valence-corrected chi connectivity index (χ2v) is 6.67. The van der Waals surface area contributed by atoms with Gasteiger partial charge in [0.2, 0.25) is 5.88 Å². The number of anilines is 2. The minimum atomic E-state index is 0.513. The lowest BCUT2D eigenvalue weighted by Crippen LogP contribution is -1.95. The van der Waals surface area contributed by atoms with Crippen LogP contribution >= 0.6 is 11.3 Å². The highest BCUT2D eigenvalue weighted by atomic mass is 32.1. The van der Waals surface area contributed by atoms with Crippen LogP contribution in [0.25, 0.3) is 21.8 Å². The fourth-order valence-electron chi connectivity index (χ4n) is 2.61. The van der Waals surface area contributed by atoms with Crippen molar-refractivity contribution in [3.63, 3.8) is 0 Å². The molecule has 0 bridgehead atoms. The summed E-state index contributed by atoms with van der Waals surface area (Å²) in [7, 11) is 1.57. The maximum Gasteiger partial charge on any atom is 0.214 e. The van der Waals surface area contributed by atoms with E-state index < -0.39 is 0 Å². The fourth-order valence-corrected chi connectivity index (χ4v) is 3.58. The average Bonchev–Trinajstić information content (AvgIpc) is 3.18. The molecule has 0 saturated heterocycles. The number of ether oxygens (including phenoxy) is 1. The highest BCUT2D eigenvalue weighted by Gasteiger charge is 2.17. The van der Waals surface area contributed by atoms with E-state index in [0.29, 0.717) is 22.4 Å². The van der Waals surface area contributed by atoms with Gasteiger partial charge in [0, 0.05) is 17.8 Å². The molecule has 0 aliphatic carbocycles. The zero-order valence-electron chi connectivity index (χ0n) is 14.8. The second-order valence-electron chi connectivity index (χ2n) is 5.67. The van der Waals surface area contributed by atoms with Crippen molar-refractivity contribution in [2.24, 2.45) is 0 Å². The normalized spacial score (nSPS) is 10.3. The number of rotatable bonds is 5. The monoisotopic (exact) mass is 386 g/mol. The van der Waals surface area contributed by atoms with Crippen molar-refractivity contribution in [3.8, 4) is 33.8 Å². The molecule has 8 heteroatoms. The molecule has 0 aliphatic heterocycles. The van der Waals surface area contributed by atoms with Crippen molar-refractivity contribution in [1.82, 2.24) is 19.9 Å². The summed E-state index contributed by atoms with van der Waals surface area (Å²) in [5.41, 5.74) is 2.92. The molecule has 28 heavy (non-hydrogen) atoms. The Morgan fingerprint density at radius 3 is 2.79 bits per heavy atom. The molecule has 0 unspecified atom stereocenters. The number of thiazole rings is 1. The Balaban J connectivity index is 1.79. The van der Waals surface area contributed by atoms with E-state index >= 15 is 0 Å². The summed E-state index contributed by atoms with van der Waals surface area (Å²) in [5, 5.41) is 13.1. The number of nitrogens with one attached hydrogen (secondary N) is 1. The predicted octanol–water partition coefficient (Wildman–Crippen LogP) is 4.29. The van der Waals surface area contributed by atoms with Crippen LogP contribution in [0.15, 0.2) is 61.1 Å². The first kappa shape index (κ1) is 17.6. The van der Waals surface area contributed by atoms with Crippen molar-refractivity contribution in [3.05, 3.63) is 66.6 Å². The standard InChI is InChI=1S/C20H14N6OS/c1-27-17-7-3-6-16(24-17)25-20-26-18(14-5-2-4-13(10-14)11-21)19(28-20)15-8-9-22-12-23-15/h2-10,12H,1H3,(H,24,25,26). The predicted molar refractivity (Wildman–Crippen MR) is 107 cm³/mol. The van der Waals surface area contributed by atoms with Crippen LogP contribution in [0.1, 0.15) is 5.56 Å². The molecule has 0 amide bonds. The van der Waals surface area contributed by atoms with Gasteiger partial charge in [-0.05, 0) is 24.3 Å². The van der Waals surface area contributed by atoms with E-state index in [-0.39, 0.29) is 0 Å². The molecule has 1 aromatic carbocycles. The topological polar surface area (TPSA) is 96.6 Å². The maximum absolute atomic E-state index is 9.22. The summed E-state index contributed by atoms with van der Waals surface area (Å²) in [4.78, 5) is 18.3. The molecule has 7 nitrogen and oxygen atoms in total. The molecule has 0 saturated carbocycles. The van der Waals surface area contributed by atoms with Crippen molar-refractivity contribution >= 4 is 22.3 Å². The van der Waals surface area contributed by atoms with Crippen LogP contribution < -0.4 is 10.1 Å². The summed E-state index contributed by atoms with van der Waals surface area (Å²) in [5.74, 6) is 1.14. The smallest absolute Gasteiger partial charge is 0.214 e. The van der Waals surface area contributed by atoms with E-state index in [0.717, 1.165) is 21.8 Å². The van der Waals surface area contributed by atoms with E-state index in [9.17, 15) is 5.26 Å². The Bertz CT molecular complexity index is 1150. The molecule has 0 aliphatic rings. The summed E-state index contributed by atoms with van der Waals surface area (Å²) < 4.78 is 5.17. The largest absolute Gasteiger partial charge is 0.481 e. The molecule has 0 atom stereocenters. The van der Waals surface area contributed by atoms with Gasteiger partial charge in [0.25, 0.3) is 0 Å². The van der Waals surface area contributed by atoms with Gasteiger partial charge < -0.3 is 10.1 Å². The first-order valence-electron chi connectivity index (χ1n) is 8.32. The van der Waals surface area contributed by atoms with E-state index in [1.165, 1.54) is 17.7 Å². The number of methoxy groups -OCH3 is 1. The highest BCUT2D eigenvalue weighted by Crippen LogP contribution is 2.39. The first-order chi connectivity index (χ1) is 13.8. The number of nitrogens with zero attached hydrogens (tertiary/aromatic N) is 5. The first-order valence-corrected chi connectivity index (χ1v) is 9.14. The van der Waals surface area contributed by atoms with Crippen molar-refractivity contribution in [2.75, 3.05) is 12.4 Å². The van der Waals surface area contributed by atoms with Crippen LogP contribution in [0.5, 0.6) is 5.88 Å². The van der Waals surface area contributed by atoms with Crippen LogP contribution in [-0.2, 0) is 0 Å². The summed E-state index contributed by atoms with van der Waals surface area (Å²) >= 11 is 1.45. The third kappa shape index (κ3) is 3.65. The Labute approximate surface area is 165 Å². The molecular weight excluding hydrogens is 372 g/mol. The SMILES string of the molecule is COc1cccc(Nc2nc(-c3cccc(C#N)c3)c(-c3ccncn3)s2)n1. The highest BCUT2D eigenvalue weighted by molar-refractivity contribution is 7.19. The van der Waals surface area contributed by atoms with Crippen molar-refractivity contribution in [1.29, 1.82) is 5.26 Å². The van der Waals surface area contributed by atoms with Crippen LogP contribution in [0.4, 0.5) is 10.9 Å². The molecule has 4 aromatic rings. The molecular formula is C20H14N6OS. The van der Waals surface area contributed by atoms with Gasteiger partial charge in [0.05, 0.1) is 35.0 Å². The van der Waals surface area contributed by atoms with E-state index in [4.69, 9.17) is 9.72 Å². The fraction of sp³-hybridized carbons (Fsp3) is 0.0500. The third-order valence-electron chi connectivity index (χ3n) is 3.87. The Morgan fingerprint density at radius 2 is 2.00 bits per heavy atom. The van der Waals surface area contributed by atoms with Gasteiger partial charge in [-0.1, -0.05) is 29.5 Å². The van der Waals surface area contributed by atoms with E-state index in [1.54, 1.807) is 25.4 Å². The van der Waals surface area contributed by atoms with Crippen LogP contribution in [-0.4, -0.2) is 27.0 Å². The van der Waals surface area contributed by atoms with Gasteiger partial charge in [-0.2, -0.15) is 10.2 Å². The minimum absolute atomic E-state index is 0.513. The van der Waals surface area contributed by atoms with Crippen molar-refractivity contribution < 1.29 is 4.74 Å². The van der Waals surface area contributed by atoms with Crippen molar-refractivity contribution in [2.45, 2.75) is 0 Å². The zero-order valence-corrected chi connectivity index (χ0v) is 15.6. The average molecular weight is 386 g/mol. The number of hydrogen-bond donors (Lipinski definition) is 1. The van der Waals surface area contributed by atoms with Crippen LogP contribution in [0.2, 0.25) is 0 Å². The lowest BCUT2D eigenvalue weighted by molar-refractivity contribution is 0.398. The molecule has 136 valence electrons. The van der Waals surface area contributed by atoms with Crippen LogP contribution in [0, 0.1) is 11.3 Å². The maximum atomic E-state index is 9.22. The number of pyridine rings is 1. The molecule has 4 rings (SSSR count). The van der Waals surface area contributed by atoms with Gasteiger partial charge in [-0.3, -0.25) is 0 Å². The minimum Gasteiger partial charge on any atom is -0.481 e. The van der Waals surface area contributed by atoms with Gasteiger partial charge in [0.1, 0.15) is 12.1 Å². The Kier molecular flexibility index (Phi) is 4.91. The number of benzene rings is 1. The number of hydrogen-bond acceptors (Lipinski definition) is 8. The molecule has 1 N–H and O–H groups in total. The second kappa shape index (κ2) is 7.82. The lowest BCUT2D eigenvalue weighted by atomic mass is 10.1. The van der Waals surface area contributed by atoms with Gasteiger partial charge in [-0.15, -0.1) is 0 Å². The molecule has 0 fully saturated rings. The van der Waals surface area contributed by atoms with Gasteiger partial charge in [-0.25, -0.2) is 15.0 Å². The van der Waals surface area contributed by atoms with Gasteiger partial charge >= 0.3 is 0 Å². The molecule has 3 aromatic heterocycles. The van der Waals surface area contributed by atoms with Gasteiger partial charge in [0.15, 0.2) is 5.13 Å². The van der Waals surface area contributed by atoms with Crippen LogP contribution in [0.3, 0.4) is 0 Å².